The van der Waals surface area contributed by atoms with E-state index in [2.05, 4.69) is 46.2 Å². The lowest BCUT2D eigenvalue weighted by Gasteiger charge is -2.37. The molecular formula is C26H34ClN3O. The van der Waals surface area contributed by atoms with E-state index in [0.717, 1.165) is 74.0 Å². The first-order chi connectivity index (χ1) is 14.9. The number of aliphatic imine (C=N–C) groups is 1. The molecule has 0 aromatic heterocycles. The molecule has 2 aromatic rings. The lowest BCUT2D eigenvalue weighted by atomic mass is 9.91. The Hall–Kier alpha value is -2.17. The van der Waals surface area contributed by atoms with Gasteiger partial charge in [0.2, 0.25) is 0 Å². The number of amidine groups is 1. The van der Waals surface area contributed by atoms with E-state index >= 15 is 0 Å². The van der Waals surface area contributed by atoms with Crippen LogP contribution in [0.25, 0.3) is 0 Å². The molecule has 4 nitrogen and oxygen atoms in total. The van der Waals surface area contributed by atoms with E-state index in [9.17, 15) is 4.79 Å². The second-order valence-electron chi connectivity index (χ2n) is 8.73. The van der Waals surface area contributed by atoms with E-state index in [1.54, 1.807) is 0 Å². The van der Waals surface area contributed by atoms with Gasteiger partial charge in [-0.3, -0.25) is 4.90 Å². The van der Waals surface area contributed by atoms with Gasteiger partial charge in [-0.05, 0) is 42.3 Å². The Morgan fingerprint density at radius 3 is 2.45 bits per heavy atom. The molecule has 166 valence electrons. The van der Waals surface area contributed by atoms with E-state index in [1.165, 1.54) is 11.1 Å². The van der Waals surface area contributed by atoms with Crippen molar-refractivity contribution in [2.24, 2.45) is 10.4 Å². The van der Waals surface area contributed by atoms with Crippen LogP contribution < -0.4 is 0 Å². The molecule has 0 atom stereocenters. The average molecular weight is 440 g/mol. The molecule has 0 amide bonds. The number of nitrogens with zero attached hydrogens (tertiary/aromatic N) is 3. The van der Waals surface area contributed by atoms with E-state index in [1.807, 2.05) is 33.8 Å². The lowest BCUT2D eigenvalue weighted by molar-refractivity contribution is -0.115. The molecule has 0 spiro atoms. The molecule has 0 N–H and O–H groups in total. The zero-order valence-electron chi connectivity index (χ0n) is 19.2. The third kappa shape index (κ3) is 5.75. The van der Waals surface area contributed by atoms with Crippen molar-refractivity contribution in [3.63, 3.8) is 0 Å². The molecule has 31 heavy (non-hydrogen) atoms. The molecule has 2 aromatic carbocycles. The van der Waals surface area contributed by atoms with Crippen LogP contribution in [-0.2, 0) is 11.2 Å². The largest absolute Gasteiger partial charge is 0.354 e. The Morgan fingerprint density at radius 1 is 1.03 bits per heavy atom. The van der Waals surface area contributed by atoms with Gasteiger partial charge >= 0.3 is 0 Å². The number of rotatable bonds is 4. The summed E-state index contributed by atoms with van der Waals surface area (Å²) in [6.45, 7) is 12.8. The SMILES string of the molecule is CC.CC(C)(C=O)CCN1CCN(C2=Nc3ccccc3Cc3ccc(Cl)cc32)CC1. The summed E-state index contributed by atoms with van der Waals surface area (Å²) < 4.78 is 0. The van der Waals surface area contributed by atoms with E-state index < -0.39 is 0 Å². The Morgan fingerprint density at radius 2 is 1.74 bits per heavy atom. The highest BCUT2D eigenvalue weighted by molar-refractivity contribution is 6.31. The molecule has 0 radical (unpaired) electrons. The highest BCUT2D eigenvalue weighted by Gasteiger charge is 2.26. The number of aldehydes is 1. The van der Waals surface area contributed by atoms with Crippen molar-refractivity contribution in [2.75, 3.05) is 32.7 Å². The molecule has 4 rings (SSSR count). The highest BCUT2D eigenvalue weighted by atomic mass is 35.5. The second-order valence-corrected chi connectivity index (χ2v) is 9.16. The Kier molecular flexibility index (Phi) is 7.90. The van der Waals surface area contributed by atoms with Crippen molar-refractivity contribution < 1.29 is 4.79 Å². The number of fused-ring (bicyclic) bond motifs is 2. The van der Waals surface area contributed by atoms with Crippen molar-refractivity contribution in [3.05, 3.63) is 64.2 Å². The highest BCUT2D eigenvalue weighted by Crippen LogP contribution is 2.31. The van der Waals surface area contributed by atoms with Gasteiger partial charge in [0.25, 0.3) is 0 Å². The number of para-hydroxylation sites is 1. The van der Waals surface area contributed by atoms with Gasteiger partial charge in [0.15, 0.2) is 0 Å². The summed E-state index contributed by atoms with van der Waals surface area (Å²) in [6.07, 6.45) is 2.83. The predicted octanol–water partition coefficient (Wildman–Crippen LogP) is 5.58. The fourth-order valence-corrected chi connectivity index (χ4v) is 4.16. The number of carbonyl (C=O) groups excluding carboxylic acids is 1. The van der Waals surface area contributed by atoms with Crippen LogP contribution >= 0.6 is 11.6 Å². The molecule has 2 aliphatic heterocycles. The molecule has 2 heterocycles. The lowest BCUT2D eigenvalue weighted by Crippen LogP contribution is -2.49. The maximum absolute atomic E-state index is 11.2. The monoisotopic (exact) mass is 439 g/mol. The maximum Gasteiger partial charge on any atom is 0.136 e. The van der Waals surface area contributed by atoms with Gasteiger partial charge in [-0.25, -0.2) is 4.99 Å². The van der Waals surface area contributed by atoms with Crippen molar-refractivity contribution in [1.29, 1.82) is 0 Å². The maximum atomic E-state index is 11.2. The van der Waals surface area contributed by atoms with Crippen LogP contribution in [0, 0.1) is 5.41 Å². The Bertz CT molecular complexity index is 930. The standard InChI is InChI=1S/C24H28ClN3O.C2H6/c1-24(2,17-29)9-10-27-11-13-28(14-12-27)23-21-16-20(25)8-7-18(21)15-19-5-3-4-6-22(19)26-23;1-2/h3-8,16-17H,9-15H2,1-2H3;1-2H3. The van der Waals surface area contributed by atoms with E-state index in [4.69, 9.17) is 16.6 Å². The first-order valence-corrected chi connectivity index (χ1v) is 11.7. The van der Waals surface area contributed by atoms with Gasteiger partial charge in [-0.15, -0.1) is 0 Å². The van der Waals surface area contributed by atoms with Crippen LogP contribution in [0.3, 0.4) is 0 Å². The van der Waals surface area contributed by atoms with Crippen LogP contribution in [0.2, 0.25) is 5.02 Å². The van der Waals surface area contributed by atoms with Crippen molar-refractivity contribution in [3.8, 4) is 0 Å². The number of benzene rings is 2. The minimum Gasteiger partial charge on any atom is -0.354 e. The summed E-state index contributed by atoms with van der Waals surface area (Å²) in [5, 5.41) is 0.747. The molecule has 0 bridgehead atoms. The van der Waals surface area contributed by atoms with Gasteiger partial charge in [-0.1, -0.05) is 63.6 Å². The number of hydrogen-bond donors (Lipinski definition) is 0. The third-order valence-electron chi connectivity index (χ3n) is 5.97. The summed E-state index contributed by atoms with van der Waals surface area (Å²) in [5.74, 6) is 1.03. The predicted molar refractivity (Wildman–Crippen MR) is 131 cm³/mol. The number of hydrogen-bond acceptors (Lipinski definition) is 4. The molecule has 1 fully saturated rings. The topological polar surface area (TPSA) is 35.9 Å². The zero-order chi connectivity index (χ0) is 22.4. The van der Waals surface area contributed by atoms with Crippen LogP contribution in [0.1, 0.15) is 50.8 Å². The first-order valence-electron chi connectivity index (χ1n) is 11.3. The van der Waals surface area contributed by atoms with Crippen molar-refractivity contribution in [1.82, 2.24) is 9.80 Å². The molecule has 0 unspecified atom stereocenters. The first kappa shape index (κ1) is 23.5. The molecule has 5 heteroatoms. The third-order valence-corrected chi connectivity index (χ3v) is 6.21. The average Bonchev–Trinajstić information content (AvgIpc) is 2.96. The Labute approximate surface area is 191 Å². The summed E-state index contributed by atoms with van der Waals surface area (Å²) in [4.78, 5) is 21.1. The summed E-state index contributed by atoms with van der Waals surface area (Å²) in [6, 6.07) is 14.5. The molecule has 0 aliphatic carbocycles. The number of piperazine rings is 1. The van der Waals surface area contributed by atoms with Gasteiger partial charge in [0.05, 0.1) is 5.69 Å². The minimum absolute atomic E-state index is 0.248. The van der Waals surface area contributed by atoms with Crippen LogP contribution in [0.5, 0.6) is 0 Å². The van der Waals surface area contributed by atoms with Crippen molar-refractivity contribution >= 4 is 29.4 Å². The smallest absolute Gasteiger partial charge is 0.136 e. The van der Waals surface area contributed by atoms with Gasteiger partial charge in [-0.2, -0.15) is 0 Å². The van der Waals surface area contributed by atoms with Gasteiger partial charge in [0, 0.05) is 48.6 Å². The van der Waals surface area contributed by atoms with Gasteiger partial charge in [0.1, 0.15) is 12.1 Å². The van der Waals surface area contributed by atoms with Crippen LogP contribution in [0.15, 0.2) is 47.5 Å². The summed E-state index contributed by atoms with van der Waals surface area (Å²) in [5.41, 5.74) is 4.46. The zero-order valence-corrected chi connectivity index (χ0v) is 20.0. The summed E-state index contributed by atoms with van der Waals surface area (Å²) in [7, 11) is 0. The Balaban J connectivity index is 0.00000132. The van der Waals surface area contributed by atoms with Crippen LogP contribution in [0.4, 0.5) is 5.69 Å². The van der Waals surface area contributed by atoms with E-state index in [-0.39, 0.29) is 5.41 Å². The number of halogens is 1. The molecule has 0 saturated carbocycles. The number of carbonyl (C=O) groups is 1. The molecular weight excluding hydrogens is 406 g/mol. The fourth-order valence-electron chi connectivity index (χ4n) is 3.99. The molecule has 1 saturated heterocycles. The minimum atomic E-state index is -0.248. The quantitative estimate of drug-likeness (QED) is 0.583. The normalized spacial score (nSPS) is 16.3. The van der Waals surface area contributed by atoms with Crippen LogP contribution in [-0.4, -0.2) is 54.6 Å². The molecule has 2 aliphatic rings. The fraction of sp³-hybridized carbons (Fsp3) is 0.462. The van der Waals surface area contributed by atoms with Gasteiger partial charge < -0.3 is 9.69 Å². The second kappa shape index (κ2) is 10.4. The van der Waals surface area contributed by atoms with E-state index in [0.29, 0.717) is 0 Å². The van der Waals surface area contributed by atoms with Crippen molar-refractivity contribution in [2.45, 2.75) is 40.5 Å². The summed E-state index contributed by atoms with van der Waals surface area (Å²) >= 11 is 6.36.